The number of ether oxygens (including phenoxy) is 1. The average molecular weight is 260 g/mol. The van der Waals surface area contributed by atoms with E-state index in [9.17, 15) is 4.79 Å². The van der Waals surface area contributed by atoms with Crippen molar-refractivity contribution in [2.45, 2.75) is 31.3 Å². The molecule has 0 aliphatic carbocycles. The van der Waals surface area contributed by atoms with Crippen LogP contribution in [0.1, 0.15) is 30.9 Å². The molecule has 1 amide bonds. The summed E-state index contributed by atoms with van der Waals surface area (Å²) in [5.74, 6) is 1.25. The lowest BCUT2D eigenvalue weighted by Gasteiger charge is -2.35. The summed E-state index contributed by atoms with van der Waals surface area (Å²) in [5, 5.41) is 3.69. The molecule has 1 aromatic rings. The number of para-hydroxylation sites is 1. The Morgan fingerprint density at radius 2 is 2.16 bits per heavy atom. The second kappa shape index (κ2) is 5.21. The molecule has 1 aromatic carbocycles. The molecule has 2 atom stereocenters. The Bertz CT molecular complexity index is 475. The van der Waals surface area contributed by atoms with Crippen LogP contribution in [-0.4, -0.2) is 37.0 Å². The summed E-state index contributed by atoms with van der Waals surface area (Å²) in [5.41, 5.74) is 1.24. The fourth-order valence-corrected chi connectivity index (χ4v) is 2.95. The highest BCUT2D eigenvalue weighted by Crippen LogP contribution is 2.32. The molecule has 102 valence electrons. The van der Waals surface area contributed by atoms with Gasteiger partial charge in [0.15, 0.2) is 0 Å². The van der Waals surface area contributed by atoms with Crippen molar-refractivity contribution < 1.29 is 9.53 Å². The standard InChI is InChI=1S/C15H20N2O2/c1-17-10-11(6-7-15(17)18)16-13-8-9-19-14-5-3-2-4-12(13)14/h2-5,11,13,16H,6-10H2,1H3. The zero-order chi connectivity index (χ0) is 13.2. The number of rotatable bonds is 2. The molecule has 0 saturated carbocycles. The van der Waals surface area contributed by atoms with Gasteiger partial charge in [0.25, 0.3) is 0 Å². The van der Waals surface area contributed by atoms with E-state index in [1.165, 1.54) is 5.56 Å². The van der Waals surface area contributed by atoms with E-state index < -0.39 is 0 Å². The summed E-state index contributed by atoms with van der Waals surface area (Å²) in [4.78, 5) is 13.3. The molecular formula is C15H20N2O2. The number of carbonyl (C=O) groups excluding carboxylic acids is 1. The topological polar surface area (TPSA) is 41.6 Å². The normalized spacial score (nSPS) is 26.8. The molecule has 4 heteroatoms. The van der Waals surface area contributed by atoms with E-state index in [4.69, 9.17) is 4.74 Å². The van der Waals surface area contributed by atoms with E-state index in [1.54, 1.807) is 0 Å². The van der Waals surface area contributed by atoms with Gasteiger partial charge in [0.05, 0.1) is 6.61 Å². The molecule has 0 spiro atoms. The Hall–Kier alpha value is -1.55. The van der Waals surface area contributed by atoms with Crippen molar-refractivity contribution >= 4 is 5.91 Å². The molecule has 4 nitrogen and oxygen atoms in total. The smallest absolute Gasteiger partial charge is 0.222 e. The largest absolute Gasteiger partial charge is 0.493 e. The van der Waals surface area contributed by atoms with Gasteiger partial charge in [-0.15, -0.1) is 0 Å². The molecule has 2 aliphatic heterocycles. The fraction of sp³-hybridized carbons (Fsp3) is 0.533. The van der Waals surface area contributed by atoms with Crippen LogP contribution in [0.4, 0.5) is 0 Å². The van der Waals surface area contributed by atoms with Crippen LogP contribution >= 0.6 is 0 Å². The summed E-state index contributed by atoms with van der Waals surface area (Å²) in [6.07, 6.45) is 2.58. The van der Waals surface area contributed by atoms with Crippen molar-refractivity contribution in [2.24, 2.45) is 0 Å². The van der Waals surface area contributed by atoms with Gasteiger partial charge in [-0.25, -0.2) is 0 Å². The lowest BCUT2D eigenvalue weighted by Crippen LogP contribution is -2.48. The van der Waals surface area contributed by atoms with Crippen LogP contribution in [0.2, 0.25) is 0 Å². The van der Waals surface area contributed by atoms with Gasteiger partial charge in [0, 0.05) is 44.1 Å². The zero-order valence-electron chi connectivity index (χ0n) is 11.3. The second-order valence-corrected chi connectivity index (χ2v) is 5.40. The van der Waals surface area contributed by atoms with Gasteiger partial charge in [-0.3, -0.25) is 4.79 Å². The van der Waals surface area contributed by atoms with Gasteiger partial charge < -0.3 is 15.0 Å². The number of carbonyl (C=O) groups is 1. The lowest BCUT2D eigenvalue weighted by atomic mass is 9.97. The minimum atomic E-state index is 0.255. The minimum absolute atomic E-state index is 0.255. The summed E-state index contributed by atoms with van der Waals surface area (Å²) >= 11 is 0. The Balaban J connectivity index is 1.69. The molecule has 0 radical (unpaired) electrons. The molecule has 2 aliphatic rings. The number of likely N-dealkylation sites (tertiary alicyclic amines) is 1. The van der Waals surface area contributed by atoms with Gasteiger partial charge in [0.2, 0.25) is 5.91 Å². The first-order valence-electron chi connectivity index (χ1n) is 6.96. The van der Waals surface area contributed by atoms with E-state index in [-0.39, 0.29) is 5.91 Å². The monoisotopic (exact) mass is 260 g/mol. The summed E-state index contributed by atoms with van der Waals surface area (Å²) in [7, 11) is 1.88. The fourth-order valence-electron chi connectivity index (χ4n) is 2.95. The summed E-state index contributed by atoms with van der Waals surface area (Å²) in [6.45, 7) is 1.56. The van der Waals surface area contributed by atoms with Crippen LogP contribution in [-0.2, 0) is 4.79 Å². The van der Waals surface area contributed by atoms with Gasteiger partial charge in [-0.05, 0) is 12.5 Å². The van der Waals surface area contributed by atoms with Crippen molar-refractivity contribution in [3.05, 3.63) is 29.8 Å². The highest BCUT2D eigenvalue weighted by atomic mass is 16.5. The van der Waals surface area contributed by atoms with Crippen molar-refractivity contribution in [1.29, 1.82) is 0 Å². The molecule has 0 bridgehead atoms. The molecular weight excluding hydrogens is 240 g/mol. The van der Waals surface area contributed by atoms with Gasteiger partial charge in [-0.2, -0.15) is 0 Å². The number of hydrogen-bond donors (Lipinski definition) is 1. The van der Waals surface area contributed by atoms with Crippen LogP contribution in [0, 0.1) is 0 Å². The second-order valence-electron chi connectivity index (χ2n) is 5.40. The first-order chi connectivity index (χ1) is 9.24. The number of amides is 1. The minimum Gasteiger partial charge on any atom is -0.493 e. The van der Waals surface area contributed by atoms with Crippen molar-refractivity contribution in [3.8, 4) is 5.75 Å². The Kier molecular flexibility index (Phi) is 3.42. The van der Waals surface area contributed by atoms with Crippen LogP contribution in [0.15, 0.2) is 24.3 Å². The SMILES string of the molecule is CN1CC(NC2CCOc3ccccc32)CCC1=O. The Labute approximate surface area is 113 Å². The maximum absolute atomic E-state index is 11.5. The molecule has 1 fully saturated rings. The van der Waals surface area contributed by atoms with Crippen LogP contribution in [0.3, 0.4) is 0 Å². The maximum Gasteiger partial charge on any atom is 0.222 e. The highest BCUT2D eigenvalue weighted by molar-refractivity contribution is 5.76. The maximum atomic E-state index is 11.5. The molecule has 19 heavy (non-hydrogen) atoms. The number of likely N-dealkylation sites (N-methyl/N-ethyl adjacent to an activating group) is 1. The molecule has 2 unspecified atom stereocenters. The van der Waals surface area contributed by atoms with Crippen LogP contribution in [0.25, 0.3) is 0 Å². The number of piperidine rings is 1. The lowest BCUT2D eigenvalue weighted by molar-refractivity contribution is -0.132. The van der Waals surface area contributed by atoms with Crippen molar-refractivity contribution in [3.63, 3.8) is 0 Å². The number of hydrogen-bond acceptors (Lipinski definition) is 3. The molecule has 1 N–H and O–H groups in total. The van der Waals surface area contributed by atoms with Gasteiger partial charge in [0.1, 0.15) is 5.75 Å². The van der Waals surface area contributed by atoms with Gasteiger partial charge in [-0.1, -0.05) is 18.2 Å². The third kappa shape index (κ3) is 2.59. The Morgan fingerprint density at radius 1 is 1.32 bits per heavy atom. The number of nitrogens with zero attached hydrogens (tertiary/aromatic N) is 1. The average Bonchev–Trinajstić information content (AvgIpc) is 2.43. The summed E-state index contributed by atoms with van der Waals surface area (Å²) in [6, 6.07) is 8.95. The molecule has 1 saturated heterocycles. The Morgan fingerprint density at radius 3 is 3.00 bits per heavy atom. The highest BCUT2D eigenvalue weighted by Gasteiger charge is 2.27. The van der Waals surface area contributed by atoms with Crippen molar-refractivity contribution in [1.82, 2.24) is 10.2 Å². The molecule has 0 aromatic heterocycles. The van der Waals surface area contributed by atoms with E-state index in [2.05, 4.69) is 17.4 Å². The van der Waals surface area contributed by atoms with Crippen molar-refractivity contribution in [2.75, 3.05) is 20.2 Å². The number of fused-ring (bicyclic) bond motifs is 1. The third-order valence-corrected chi connectivity index (χ3v) is 4.02. The van der Waals surface area contributed by atoms with E-state index in [1.807, 2.05) is 24.1 Å². The quantitative estimate of drug-likeness (QED) is 0.880. The van der Waals surface area contributed by atoms with E-state index in [0.29, 0.717) is 18.5 Å². The summed E-state index contributed by atoms with van der Waals surface area (Å²) < 4.78 is 5.68. The third-order valence-electron chi connectivity index (χ3n) is 4.02. The van der Waals surface area contributed by atoms with Crippen LogP contribution in [0.5, 0.6) is 5.75 Å². The number of nitrogens with one attached hydrogen (secondary N) is 1. The predicted molar refractivity (Wildman–Crippen MR) is 73.1 cm³/mol. The number of benzene rings is 1. The predicted octanol–water partition coefficient (Wildman–Crippen LogP) is 1.72. The van der Waals surface area contributed by atoms with Gasteiger partial charge >= 0.3 is 0 Å². The first-order valence-corrected chi connectivity index (χ1v) is 6.96. The molecule has 3 rings (SSSR count). The molecule has 2 heterocycles. The van der Waals surface area contributed by atoms with E-state index >= 15 is 0 Å². The van der Waals surface area contributed by atoms with E-state index in [0.717, 1.165) is 31.7 Å². The zero-order valence-corrected chi connectivity index (χ0v) is 11.3. The van der Waals surface area contributed by atoms with Crippen LogP contribution < -0.4 is 10.1 Å². The first kappa shape index (κ1) is 12.5.